The summed E-state index contributed by atoms with van der Waals surface area (Å²) in [5.41, 5.74) is 0.989. The van der Waals surface area contributed by atoms with Gasteiger partial charge in [0.2, 0.25) is 11.8 Å². The van der Waals surface area contributed by atoms with Crippen molar-refractivity contribution in [1.82, 2.24) is 10.2 Å². The largest absolute Gasteiger partial charge is 0.353 e. The number of rotatable bonds is 2. The minimum atomic E-state index is -0.193. The Morgan fingerprint density at radius 3 is 2.71 bits per heavy atom. The van der Waals surface area contributed by atoms with Crippen LogP contribution in [0.3, 0.4) is 0 Å². The van der Waals surface area contributed by atoms with Crippen molar-refractivity contribution < 1.29 is 9.59 Å². The van der Waals surface area contributed by atoms with Gasteiger partial charge in [-0.25, -0.2) is 0 Å². The number of nitrogens with zero attached hydrogens (tertiary/aromatic N) is 1. The molecule has 1 aliphatic rings. The fourth-order valence-electron chi connectivity index (χ4n) is 1.98. The first-order chi connectivity index (χ1) is 8.18. The highest BCUT2D eigenvalue weighted by atomic mass is 16.2. The Morgan fingerprint density at radius 1 is 1.35 bits per heavy atom. The maximum Gasteiger partial charge on any atom is 0.239 e. The number of hydrogen-bond acceptors (Lipinski definition) is 2. The lowest BCUT2D eigenvalue weighted by Gasteiger charge is -2.29. The highest BCUT2D eigenvalue weighted by Crippen LogP contribution is 2.17. The fourth-order valence-corrected chi connectivity index (χ4v) is 1.98. The second-order valence-corrected chi connectivity index (χ2v) is 4.24. The lowest BCUT2D eigenvalue weighted by atomic mass is 9.99. The van der Waals surface area contributed by atoms with Gasteiger partial charge < -0.3 is 10.2 Å². The van der Waals surface area contributed by atoms with Gasteiger partial charge >= 0.3 is 0 Å². The Morgan fingerprint density at radius 2 is 2.06 bits per heavy atom. The molecule has 90 valence electrons. The second-order valence-electron chi connectivity index (χ2n) is 4.24. The number of carbonyl (C=O) groups is 2. The summed E-state index contributed by atoms with van der Waals surface area (Å²) in [6.07, 6.45) is 0. The summed E-state index contributed by atoms with van der Waals surface area (Å²) in [4.78, 5) is 25.0. The normalized spacial score (nSPS) is 17.5. The highest BCUT2D eigenvalue weighted by Gasteiger charge is 2.25. The third kappa shape index (κ3) is 2.64. The van der Waals surface area contributed by atoms with E-state index in [4.69, 9.17) is 0 Å². The van der Waals surface area contributed by atoms with Crippen LogP contribution in [0.4, 0.5) is 0 Å². The van der Waals surface area contributed by atoms with Crippen molar-refractivity contribution in [3.63, 3.8) is 0 Å². The third-order valence-corrected chi connectivity index (χ3v) is 3.02. The van der Waals surface area contributed by atoms with Gasteiger partial charge in [-0.15, -0.1) is 0 Å². The first-order valence-corrected chi connectivity index (χ1v) is 5.79. The van der Waals surface area contributed by atoms with Gasteiger partial charge in [0.1, 0.15) is 0 Å². The molecule has 1 aromatic rings. The summed E-state index contributed by atoms with van der Waals surface area (Å²) < 4.78 is 0. The number of hydrogen-bond donors (Lipinski definition) is 1. The average molecular weight is 232 g/mol. The van der Waals surface area contributed by atoms with Gasteiger partial charge in [-0.05, 0) is 12.5 Å². The standard InChI is InChI=1S/C13H16N2O2/c1-10(11-5-3-2-4-6-11)13(17)15-8-7-14-12(16)9-15/h2-6,10H,7-9H2,1H3,(H,14,16). The molecule has 4 nitrogen and oxygen atoms in total. The van der Waals surface area contributed by atoms with Gasteiger partial charge in [-0.2, -0.15) is 0 Å². The molecule has 1 N–H and O–H groups in total. The Bertz CT molecular complexity index is 417. The molecule has 17 heavy (non-hydrogen) atoms. The summed E-state index contributed by atoms with van der Waals surface area (Å²) >= 11 is 0. The number of carbonyl (C=O) groups excluding carboxylic acids is 2. The van der Waals surface area contributed by atoms with Crippen LogP contribution in [0.1, 0.15) is 18.4 Å². The van der Waals surface area contributed by atoms with E-state index in [0.29, 0.717) is 13.1 Å². The van der Waals surface area contributed by atoms with Gasteiger partial charge in [0.05, 0.1) is 12.5 Å². The number of benzene rings is 1. The summed E-state index contributed by atoms with van der Waals surface area (Å²) in [5, 5.41) is 2.71. The molecule has 1 aliphatic heterocycles. The maximum atomic E-state index is 12.2. The lowest BCUT2D eigenvalue weighted by Crippen LogP contribution is -2.50. The van der Waals surface area contributed by atoms with Crippen molar-refractivity contribution >= 4 is 11.8 Å². The zero-order valence-corrected chi connectivity index (χ0v) is 9.85. The minimum Gasteiger partial charge on any atom is -0.353 e. The molecule has 4 heteroatoms. The van der Waals surface area contributed by atoms with E-state index in [2.05, 4.69) is 5.32 Å². The van der Waals surface area contributed by atoms with Crippen molar-refractivity contribution in [3.05, 3.63) is 35.9 Å². The molecule has 1 atom stereocenters. The van der Waals surface area contributed by atoms with Crippen molar-refractivity contribution in [3.8, 4) is 0 Å². The Kier molecular flexibility index (Phi) is 3.42. The van der Waals surface area contributed by atoms with Gasteiger partial charge in [0.25, 0.3) is 0 Å². The molecule has 0 spiro atoms. The predicted octanol–water partition coefficient (Wildman–Crippen LogP) is 0.748. The second kappa shape index (κ2) is 4.99. The molecule has 2 amide bonds. The molecule has 1 unspecified atom stereocenters. The van der Waals surface area contributed by atoms with Crippen LogP contribution in [0.25, 0.3) is 0 Å². The van der Waals surface area contributed by atoms with E-state index in [1.165, 1.54) is 0 Å². The Labute approximate surface area is 101 Å². The molecule has 0 radical (unpaired) electrons. The van der Waals surface area contributed by atoms with Crippen LogP contribution in [-0.4, -0.2) is 36.3 Å². The average Bonchev–Trinajstić information content (AvgIpc) is 2.38. The minimum absolute atomic E-state index is 0.0195. The molecular formula is C13H16N2O2. The van der Waals surface area contributed by atoms with E-state index in [1.54, 1.807) is 4.90 Å². The van der Waals surface area contributed by atoms with Crippen molar-refractivity contribution in [1.29, 1.82) is 0 Å². The van der Waals surface area contributed by atoms with Crippen LogP contribution >= 0.6 is 0 Å². The quantitative estimate of drug-likeness (QED) is 0.818. The fraction of sp³-hybridized carbons (Fsp3) is 0.385. The third-order valence-electron chi connectivity index (χ3n) is 3.02. The summed E-state index contributed by atoms with van der Waals surface area (Å²) in [5.74, 6) is -0.252. The van der Waals surface area contributed by atoms with Crippen LogP contribution < -0.4 is 5.32 Å². The Hall–Kier alpha value is -1.84. The van der Waals surface area contributed by atoms with Gasteiger partial charge in [-0.1, -0.05) is 30.3 Å². The first kappa shape index (κ1) is 11.6. The van der Waals surface area contributed by atoms with Crippen molar-refractivity contribution in [2.75, 3.05) is 19.6 Å². The summed E-state index contributed by atoms with van der Waals surface area (Å²) in [6.45, 7) is 3.20. The monoisotopic (exact) mass is 232 g/mol. The zero-order chi connectivity index (χ0) is 12.3. The molecule has 1 saturated heterocycles. The van der Waals surface area contributed by atoms with Crippen molar-refractivity contribution in [2.24, 2.45) is 0 Å². The number of piperazine rings is 1. The highest BCUT2D eigenvalue weighted by molar-refractivity contribution is 5.89. The molecule has 0 aromatic heterocycles. The topological polar surface area (TPSA) is 49.4 Å². The van der Waals surface area contributed by atoms with E-state index in [1.807, 2.05) is 37.3 Å². The molecular weight excluding hydrogens is 216 g/mol. The van der Waals surface area contributed by atoms with Crippen molar-refractivity contribution in [2.45, 2.75) is 12.8 Å². The molecule has 1 aromatic carbocycles. The Balaban J connectivity index is 2.07. The van der Waals surface area contributed by atoms with E-state index < -0.39 is 0 Å². The molecule has 1 fully saturated rings. The van der Waals surface area contributed by atoms with Crippen LogP contribution in [0.5, 0.6) is 0 Å². The van der Waals surface area contributed by atoms with E-state index >= 15 is 0 Å². The zero-order valence-electron chi connectivity index (χ0n) is 9.85. The number of nitrogens with one attached hydrogen (secondary N) is 1. The van der Waals surface area contributed by atoms with E-state index in [0.717, 1.165) is 5.56 Å². The molecule has 2 rings (SSSR count). The summed E-state index contributed by atoms with van der Waals surface area (Å²) in [6, 6.07) is 9.64. The molecule has 1 heterocycles. The van der Waals surface area contributed by atoms with E-state index in [9.17, 15) is 9.59 Å². The summed E-state index contributed by atoms with van der Waals surface area (Å²) in [7, 11) is 0. The molecule has 0 bridgehead atoms. The predicted molar refractivity (Wildman–Crippen MR) is 64.4 cm³/mol. The van der Waals surface area contributed by atoms with Gasteiger partial charge in [-0.3, -0.25) is 9.59 Å². The SMILES string of the molecule is CC(C(=O)N1CCNC(=O)C1)c1ccccc1. The smallest absolute Gasteiger partial charge is 0.239 e. The lowest BCUT2D eigenvalue weighted by molar-refractivity contribution is -0.139. The van der Waals surface area contributed by atoms with E-state index in [-0.39, 0.29) is 24.3 Å². The first-order valence-electron chi connectivity index (χ1n) is 5.79. The van der Waals surface area contributed by atoms with Crippen LogP contribution in [0.2, 0.25) is 0 Å². The van der Waals surface area contributed by atoms with Gasteiger partial charge in [0.15, 0.2) is 0 Å². The van der Waals surface area contributed by atoms with Crippen LogP contribution in [0, 0.1) is 0 Å². The van der Waals surface area contributed by atoms with Gasteiger partial charge in [0, 0.05) is 13.1 Å². The molecule has 0 saturated carbocycles. The molecule has 0 aliphatic carbocycles. The maximum absolute atomic E-state index is 12.2. The van der Waals surface area contributed by atoms with Crippen LogP contribution in [0.15, 0.2) is 30.3 Å². The van der Waals surface area contributed by atoms with Crippen LogP contribution in [-0.2, 0) is 9.59 Å². The number of amides is 2.